The van der Waals surface area contributed by atoms with E-state index in [2.05, 4.69) is 26.8 Å². The number of nitrogens with one attached hydrogen (secondary N) is 1. The number of carbonyl (C=O) groups is 3. The first-order chi connectivity index (χ1) is 15.5. The van der Waals surface area contributed by atoms with Crippen LogP contribution in [0.25, 0.3) is 11.4 Å². The molecule has 0 spiro atoms. The number of hydrogen-bond donors (Lipinski definition) is 1. The average Bonchev–Trinajstić information content (AvgIpc) is 2.75. The molecule has 0 aliphatic carbocycles. The normalized spacial score (nSPS) is 17.5. The summed E-state index contributed by atoms with van der Waals surface area (Å²) in [5.41, 5.74) is 1.14. The van der Waals surface area contributed by atoms with Crippen molar-refractivity contribution in [2.24, 2.45) is 0 Å². The highest BCUT2D eigenvalue weighted by molar-refractivity contribution is 6.29. The second kappa shape index (κ2) is 9.27. The number of pyridine rings is 1. The minimum Gasteiger partial charge on any atom is -0.354 e. The van der Waals surface area contributed by atoms with Gasteiger partial charge in [-0.25, -0.2) is 15.0 Å². The fourth-order valence-corrected chi connectivity index (χ4v) is 4.52. The predicted molar refractivity (Wildman–Crippen MR) is 125 cm³/mol. The maximum atomic E-state index is 12.7. The molecule has 174 valence electrons. The van der Waals surface area contributed by atoms with Gasteiger partial charge >= 0.3 is 0 Å². The van der Waals surface area contributed by atoms with Crippen molar-refractivity contribution in [3.05, 3.63) is 53.1 Å². The zero-order valence-corrected chi connectivity index (χ0v) is 20.1. The van der Waals surface area contributed by atoms with E-state index in [0.29, 0.717) is 29.3 Å². The van der Waals surface area contributed by atoms with Crippen LogP contribution in [-0.2, 0) is 9.59 Å². The maximum Gasteiger partial charge on any atom is 0.269 e. The van der Waals surface area contributed by atoms with Crippen LogP contribution < -0.4 is 5.32 Å². The number of nitrogens with zero attached hydrogens (tertiary/aromatic N) is 5. The topological polar surface area (TPSA) is 108 Å². The molecule has 2 aromatic rings. The van der Waals surface area contributed by atoms with Gasteiger partial charge in [0.15, 0.2) is 0 Å². The van der Waals surface area contributed by atoms with E-state index in [1.165, 1.54) is 26.1 Å². The van der Waals surface area contributed by atoms with Gasteiger partial charge in [-0.3, -0.25) is 14.4 Å². The quantitative estimate of drug-likeness (QED) is 0.543. The van der Waals surface area contributed by atoms with Crippen LogP contribution in [-0.4, -0.2) is 68.1 Å². The summed E-state index contributed by atoms with van der Waals surface area (Å²) in [6.07, 6.45) is 1.27. The summed E-state index contributed by atoms with van der Waals surface area (Å²) in [6.45, 7) is 11.3. The third kappa shape index (κ3) is 5.03. The van der Waals surface area contributed by atoms with Gasteiger partial charge in [0.25, 0.3) is 5.91 Å². The number of aryl methyl sites for hydroxylation is 1. The summed E-state index contributed by atoms with van der Waals surface area (Å²) < 4.78 is 0. The molecule has 2 aromatic heterocycles. The number of aromatic nitrogens is 3. The Morgan fingerprint density at radius 2 is 1.85 bits per heavy atom. The van der Waals surface area contributed by atoms with Crippen LogP contribution in [0, 0.1) is 6.92 Å². The molecule has 1 atom stereocenters. The molecule has 1 aliphatic rings. The van der Waals surface area contributed by atoms with Gasteiger partial charge in [0.1, 0.15) is 16.7 Å². The van der Waals surface area contributed by atoms with Gasteiger partial charge in [0, 0.05) is 27.1 Å². The first-order valence-corrected chi connectivity index (χ1v) is 10.8. The Morgan fingerprint density at radius 1 is 1.18 bits per heavy atom. The summed E-state index contributed by atoms with van der Waals surface area (Å²) in [5, 5.41) is 2.75. The number of carbonyl (C=O) groups excluding carboxylic acids is 3. The lowest BCUT2D eigenvalue weighted by Crippen LogP contribution is -2.62. The molecule has 1 fully saturated rings. The van der Waals surface area contributed by atoms with E-state index in [1.807, 2.05) is 13.8 Å². The molecule has 3 rings (SSSR count). The van der Waals surface area contributed by atoms with E-state index in [-0.39, 0.29) is 35.1 Å². The Bertz CT molecular complexity index is 1130. The third-order valence-corrected chi connectivity index (χ3v) is 5.72. The lowest BCUT2D eigenvalue weighted by molar-refractivity contribution is -0.149. The Balaban J connectivity index is 2.13. The van der Waals surface area contributed by atoms with Gasteiger partial charge in [-0.1, -0.05) is 18.2 Å². The lowest BCUT2D eigenvalue weighted by Gasteiger charge is -2.51. The minimum atomic E-state index is -0.624. The molecule has 3 heterocycles. The van der Waals surface area contributed by atoms with Crippen LogP contribution in [0.4, 0.5) is 0 Å². The average molecular weight is 471 g/mol. The Morgan fingerprint density at radius 3 is 2.45 bits per heavy atom. The number of hydrogen-bond acceptors (Lipinski definition) is 6. The molecule has 10 heteroatoms. The van der Waals surface area contributed by atoms with Crippen LogP contribution in [0.15, 0.2) is 30.9 Å². The second-order valence-corrected chi connectivity index (χ2v) is 8.90. The number of rotatable bonds is 4. The monoisotopic (exact) mass is 470 g/mol. The molecule has 0 unspecified atom stereocenters. The fraction of sp³-hybridized carbons (Fsp3) is 0.391. The molecular formula is C23H27ClN6O3. The number of halogens is 1. The second-order valence-electron chi connectivity index (χ2n) is 8.51. The minimum absolute atomic E-state index is 0.120. The van der Waals surface area contributed by atoms with Crippen molar-refractivity contribution < 1.29 is 14.4 Å². The molecule has 1 aliphatic heterocycles. The van der Waals surface area contributed by atoms with E-state index in [4.69, 9.17) is 11.6 Å². The van der Waals surface area contributed by atoms with Crippen LogP contribution in [0.1, 0.15) is 48.7 Å². The van der Waals surface area contributed by atoms with Crippen molar-refractivity contribution in [3.8, 4) is 11.4 Å². The first-order valence-electron chi connectivity index (χ1n) is 10.4. The third-order valence-electron chi connectivity index (χ3n) is 5.52. The predicted octanol–water partition coefficient (Wildman–Crippen LogP) is 2.56. The largest absolute Gasteiger partial charge is 0.354 e. The molecule has 33 heavy (non-hydrogen) atoms. The fourth-order valence-electron chi connectivity index (χ4n) is 4.30. The van der Waals surface area contributed by atoms with E-state index in [9.17, 15) is 14.4 Å². The van der Waals surface area contributed by atoms with E-state index in [0.717, 1.165) is 0 Å². The van der Waals surface area contributed by atoms with Gasteiger partial charge in [-0.15, -0.1) is 0 Å². The van der Waals surface area contributed by atoms with Crippen LogP contribution in [0.5, 0.6) is 0 Å². The molecule has 0 aromatic carbocycles. The van der Waals surface area contributed by atoms with Gasteiger partial charge in [0.05, 0.1) is 23.0 Å². The van der Waals surface area contributed by atoms with Gasteiger partial charge in [0.2, 0.25) is 11.8 Å². The van der Waals surface area contributed by atoms with Crippen LogP contribution >= 0.6 is 11.6 Å². The van der Waals surface area contributed by atoms with Crippen molar-refractivity contribution in [2.75, 3.05) is 20.1 Å². The Labute approximate surface area is 197 Å². The summed E-state index contributed by atoms with van der Waals surface area (Å²) >= 11 is 6.38. The molecule has 0 radical (unpaired) electrons. The first kappa shape index (κ1) is 24.3. The molecule has 1 N–H and O–H groups in total. The summed E-state index contributed by atoms with van der Waals surface area (Å²) in [7, 11) is 1.52. The standard InChI is InChI=1S/C23H27ClN6O3/c1-7-21(32)29-11-19(30(14(3)31)23(4,5)12-29)15-8-16(28-20(24)9-15)17-10-18(22(33)25-6)27-13(2)26-17/h7-10,19H,1,11-12H2,2-6H3,(H,25,33)/t19-/m0/s1. The summed E-state index contributed by atoms with van der Waals surface area (Å²) in [6, 6.07) is 4.53. The van der Waals surface area contributed by atoms with Gasteiger partial charge in [-0.05, 0) is 50.6 Å². The number of piperazine rings is 1. The molecular weight excluding hydrogens is 444 g/mol. The highest BCUT2D eigenvalue weighted by Crippen LogP contribution is 2.36. The molecule has 0 saturated carbocycles. The number of amides is 3. The van der Waals surface area contributed by atoms with Crippen molar-refractivity contribution in [1.82, 2.24) is 30.1 Å². The highest BCUT2D eigenvalue weighted by Gasteiger charge is 2.43. The zero-order chi connectivity index (χ0) is 24.5. The van der Waals surface area contributed by atoms with E-state index in [1.54, 1.807) is 28.9 Å². The van der Waals surface area contributed by atoms with E-state index >= 15 is 0 Å². The highest BCUT2D eigenvalue weighted by atomic mass is 35.5. The van der Waals surface area contributed by atoms with Gasteiger partial charge in [-0.2, -0.15) is 0 Å². The summed E-state index contributed by atoms with van der Waals surface area (Å²) in [5.74, 6) is -0.274. The van der Waals surface area contributed by atoms with E-state index < -0.39 is 11.6 Å². The van der Waals surface area contributed by atoms with Crippen molar-refractivity contribution >= 4 is 29.3 Å². The van der Waals surface area contributed by atoms with Crippen LogP contribution in [0.2, 0.25) is 5.15 Å². The Hall–Kier alpha value is -3.33. The van der Waals surface area contributed by atoms with Crippen LogP contribution in [0.3, 0.4) is 0 Å². The van der Waals surface area contributed by atoms with Gasteiger partial charge < -0.3 is 15.1 Å². The zero-order valence-electron chi connectivity index (χ0n) is 19.3. The molecule has 3 amide bonds. The smallest absolute Gasteiger partial charge is 0.269 e. The molecule has 1 saturated heterocycles. The summed E-state index contributed by atoms with van der Waals surface area (Å²) in [4.78, 5) is 53.6. The molecule has 9 nitrogen and oxygen atoms in total. The Kier molecular flexibility index (Phi) is 6.83. The van der Waals surface area contributed by atoms with Crippen molar-refractivity contribution in [1.29, 1.82) is 0 Å². The SMILES string of the molecule is C=CC(=O)N1C[C@@H](c2cc(Cl)nc(-c3cc(C(=O)NC)nc(C)n3)c2)N(C(C)=O)C(C)(C)C1. The lowest BCUT2D eigenvalue weighted by atomic mass is 9.90. The van der Waals surface area contributed by atoms with Crippen molar-refractivity contribution in [2.45, 2.75) is 39.3 Å². The van der Waals surface area contributed by atoms with Crippen molar-refractivity contribution in [3.63, 3.8) is 0 Å². The molecule has 0 bridgehead atoms. The maximum absolute atomic E-state index is 12.7.